The highest BCUT2D eigenvalue weighted by atomic mass is 16.5. The molecule has 1 aliphatic rings. The molecule has 0 bridgehead atoms. The Labute approximate surface area is 221 Å². The summed E-state index contributed by atoms with van der Waals surface area (Å²) >= 11 is 0. The van der Waals surface area contributed by atoms with Gasteiger partial charge < -0.3 is 24.1 Å². The molecule has 38 heavy (non-hydrogen) atoms. The number of nitrogens with zero attached hydrogens (tertiary/aromatic N) is 3. The van der Waals surface area contributed by atoms with Crippen molar-refractivity contribution in [2.75, 3.05) is 14.2 Å². The zero-order valence-corrected chi connectivity index (χ0v) is 21.9. The van der Waals surface area contributed by atoms with Crippen LogP contribution in [-0.2, 0) is 24.4 Å². The summed E-state index contributed by atoms with van der Waals surface area (Å²) in [5.74, 6) is 2.15. The number of ether oxygens (including phenoxy) is 2. The molecule has 1 N–H and O–H groups in total. The Morgan fingerprint density at radius 1 is 1.08 bits per heavy atom. The van der Waals surface area contributed by atoms with Gasteiger partial charge in [0.2, 0.25) is 5.91 Å². The van der Waals surface area contributed by atoms with Gasteiger partial charge in [0.05, 0.1) is 33.0 Å². The maximum Gasteiger partial charge on any atom is 0.273 e. The minimum Gasteiger partial charge on any atom is -0.497 e. The quantitative estimate of drug-likeness (QED) is 0.378. The van der Waals surface area contributed by atoms with E-state index in [0.29, 0.717) is 22.9 Å². The van der Waals surface area contributed by atoms with Crippen molar-refractivity contribution in [3.8, 4) is 22.8 Å². The molecule has 5 rings (SSSR count). The molecule has 9 nitrogen and oxygen atoms in total. The number of hydrogen-bond donors (Lipinski definition) is 1. The Kier molecular flexibility index (Phi) is 6.67. The standard InChI is InChI=1S/C29H30N4O5/c1-19-9-12-23(38-19)17-32-27(34)25-15-24(20-10-13-22(36-3)14-11-20)31-33(25)18-29(32,2)28(35)30-16-21-7-5-6-8-26(21)37-4/h5-15H,16-18H2,1-4H3,(H,30,35)/t29-/m1/s1. The fourth-order valence-electron chi connectivity index (χ4n) is 4.73. The minimum absolute atomic E-state index is 0.147. The lowest BCUT2D eigenvalue weighted by atomic mass is 9.94. The molecule has 0 saturated carbocycles. The smallest absolute Gasteiger partial charge is 0.273 e. The molecule has 1 atom stereocenters. The molecule has 0 fully saturated rings. The Balaban J connectivity index is 1.48. The molecule has 0 radical (unpaired) electrons. The van der Waals surface area contributed by atoms with Crippen LogP contribution in [0.5, 0.6) is 11.5 Å². The normalized spacial score (nSPS) is 16.7. The summed E-state index contributed by atoms with van der Waals surface area (Å²) in [6.07, 6.45) is 0. The molecule has 0 spiro atoms. The Bertz CT molecular complexity index is 1470. The Morgan fingerprint density at radius 3 is 2.53 bits per heavy atom. The number of rotatable bonds is 8. The monoisotopic (exact) mass is 514 g/mol. The average molecular weight is 515 g/mol. The summed E-state index contributed by atoms with van der Waals surface area (Å²) in [5.41, 5.74) is 1.51. The lowest BCUT2D eigenvalue weighted by Crippen LogP contribution is -2.63. The average Bonchev–Trinajstić information content (AvgIpc) is 3.55. The van der Waals surface area contributed by atoms with Gasteiger partial charge in [-0.1, -0.05) is 18.2 Å². The number of aryl methyl sites for hydroxylation is 1. The highest BCUT2D eigenvalue weighted by molar-refractivity contribution is 6.00. The number of hydrogen-bond acceptors (Lipinski definition) is 6. The van der Waals surface area contributed by atoms with E-state index >= 15 is 0 Å². The van der Waals surface area contributed by atoms with E-state index in [9.17, 15) is 9.59 Å². The van der Waals surface area contributed by atoms with Crippen molar-refractivity contribution in [1.82, 2.24) is 20.0 Å². The van der Waals surface area contributed by atoms with Crippen molar-refractivity contribution in [3.05, 3.63) is 89.5 Å². The molecular formula is C29H30N4O5. The predicted octanol–water partition coefficient (Wildman–Crippen LogP) is 4.20. The maximum atomic E-state index is 13.9. The summed E-state index contributed by atoms with van der Waals surface area (Å²) in [6, 6.07) is 20.4. The topological polar surface area (TPSA) is 98.8 Å². The van der Waals surface area contributed by atoms with Crippen LogP contribution < -0.4 is 14.8 Å². The molecule has 9 heteroatoms. The van der Waals surface area contributed by atoms with E-state index in [1.807, 2.05) is 67.6 Å². The zero-order valence-electron chi connectivity index (χ0n) is 21.9. The zero-order chi connectivity index (χ0) is 26.9. The molecule has 3 heterocycles. The van der Waals surface area contributed by atoms with Gasteiger partial charge in [-0.3, -0.25) is 14.3 Å². The SMILES string of the molecule is COc1ccc(-c2cc3n(n2)C[C@](C)(C(=O)NCc2ccccc2OC)N(Cc2ccc(C)o2)C3=O)cc1. The number of nitrogens with one attached hydrogen (secondary N) is 1. The van der Waals surface area contributed by atoms with Crippen LogP contribution in [0.2, 0.25) is 0 Å². The van der Waals surface area contributed by atoms with E-state index in [0.717, 1.165) is 22.6 Å². The first-order chi connectivity index (χ1) is 18.3. The van der Waals surface area contributed by atoms with Gasteiger partial charge in [-0.05, 0) is 62.4 Å². The first kappa shape index (κ1) is 25.1. The van der Waals surface area contributed by atoms with Gasteiger partial charge in [0.15, 0.2) is 0 Å². The second kappa shape index (κ2) is 10.1. The number of furan rings is 1. The van der Waals surface area contributed by atoms with Crippen LogP contribution in [0.1, 0.15) is 34.5 Å². The molecule has 2 aromatic heterocycles. The molecular weight excluding hydrogens is 484 g/mol. The number of carbonyl (C=O) groups excluding carboxylic acids is 2. The second-order valence-electron chi connectivity index (χ2n) is 9.47. The van der Waals surface area contributed by atoms with Gasteiger partial charge in [-0.25, -0.2) is 0 Å². The second-order valence-corrected chi connectivity index (χ2v) is 9.47. The van der Waals surface area contributed by atoms with E-state index < -0.39 is 5.54 Å². The van der Waals surface area contributed by atoms with Crippen LogP contribution in [0, 0.1) is 6.92 Å². The lowest BCUT2D eigenvalue weighted by Gasteiger charge is -2.42. The predicted molar refractivity (Wildman–Crippen MR) is 141 cm³/mol. The van der Waals surface area contributed by atoms with E-state index in [1.54, 1.807) is 36.8 Å². The summed E-state index contributed by atoms with van der Waals surface area (Å²) in [5, 5.41) is 7.71. The molecule has 2 aromatic carbocycles. The molecule has 0 saturated heterocycles. The summed E-state index contributed by atoms with van der Waals surface area (Å²) in [6.45, 7) is 4.19. The first-order valence-electron chi connectivity index (χ1n) is 12.3. The number of benzene rings is 2. The van der Waals surface area contributed by atoms with E-state index in [4.69, 9.17) is 19.0 Å². The van der Waals surface area contributed by atoms with Gasteiger partial charge in [0.25, 0.3) is 5.91 Å². The number of amides is 2. The minimum atomic E-state index is -1.23. The maximum absolute atomic E-state index is 13.9. The molecule has 196 valence electrons. The third-order valence-electron chi connectivity index (χ3n) is 6.91. The third-order valence-corrected chi connectivity index (χ3v) is 6.91. The molecule has 0 aliphatic carbocycles. The molecule has 2 amide bonds. The van der Waals surface area contributed by atoms with Crippen LogP contribution in [0.4, 0.5) is 0 Å². The van der Waals surface area contributed by atoms with Gasteiger partial charge in [0, 0.05) is 17.7 Å². The largest absolute Gasteiger partial charge is 0.497 e. The van der Waals surface area contributed by atoms with Gasteiger partial charge in [-0.15, -0.1) is 0 Å². The van der Waals surface area contributed by atoms with Crippen molar-refractivity contribution in [2.45, 2.75) is 39.0 Å². The van der Waals surface area contributed by atoms with Crippen LogP contribution >= 0.6 is 0 Å². The van der Waals surface area contributed by atoms with Crippen molar-refractivity contribution in [3.63, 3.8) is 0 Å². The highest BCUT2D eigenvalue weighted by Crippen LogP contribution is 2.32. The molecule has 1 aliphatic heterocycles. The summed E-state index contributed by atoms with van der Waals surface area (Å²) in [7, 11) is 3.20. The van der Waals surface area contributed by atoms with Gasteiger partial charge in [0.1, 0.15) is 34.3 Å². The van der Waals surface area contributed by atoms with E-state index in [2.05, 4.69) is 5.32 Å². The van der Waals surface area contributed by atoms with Crippen LogP contribution in [0.25, 0.3) is 11.3 Å². The highest BCUT2D eigenvalue weighted by Gasteiger charge is 2.48. The lowest BCUT2D eigenvalue weighted by molar-refractivity contribution is -0.133. The van der Waals surface area contributed by atoms with Crippen LogP contribution in [0.15, 0.2) is 71.1 Å². The van der Waals surface area contributed by atoms with E-state index in [-0.39, 0.29) is 31.4 Å². The van der Waals surface area contributed by atoms with Crippen molar-refractivity contribution in [1.29, 1.82) is 0 Å². The molecule has 4 aromatic rings. The van der Waals surface area contributed by atoms with Crippen LogP contribution in [0.3, 0.4) is 0 Å². The van der Waals surface area contributed by atoms with Gasteiger partial charge >= 0.3 is 0 Å². The van der Waals surface area contributed by atoms with Crippen molar-refractivity contribution in [2.24, 2.45) is 0 Å². The van der Waals surface area contributed by atoms with Gasteiger partial charge in [-0.2, -0.15) is 5.10 Å². The Morgan fingerprint density at radius 2 is 1.84 bits per heavy atom. The fourth-order valence-corrected chi connectivity index (χ4v) is 4.73. The van der Waals surface area contributed by atoms with Crippen LogP contribution in [-0.4, -0.2) is 46.3 Å². The van der Waals surface area contributed by atoms with E-state index in [1.165, 1.54) is 0 Å². The first-order valence-corrected chi connectivity index (χ1v) is 12.3. The van der Waals surface area contributed by atoms with Crippen molar-refractivity contribution < 1.29 is 23.5 Å². The number of carbonyl (C=O) groups is 2. The number of fused-ring (bicyclic) bond motifs is 1. The number of para-hydroxylation sites is 1. The molecule has 0 unspecified atom stereocenters. The Hall–Kier alpha value is -4.53. The number of methoxy groups -OCH3 is 2. The third kappa shape index (κ3) is 4.63. The summed E-state index contributed by atoms with van der Waals surface area (Å²) in [4.78, 5) is 29.2. The fraction of sp³-hybridized carbons (Fsp3) is 0.276. The summed E-state index contributed by atoms with van der Waals surface area (Å²) < 4.78 is 18.1. The number of aromatic nitrogens is 2. The van der Waals surface area contributed by atoms with Crippen molar-refractivity contribution >= 4 is 11.8 Å².